The molecule has 1 aliphatic carbocycles. The Labute approximate surface area is 145 Å². The fourth-order valence-corrected chi connectivity index (χ4v) is 4.78. The molecule has 2 saturated heterocycles. The molecule has 4 rings (SSSR count). The predicted octanol–water partition coefficient (Wildman–Crippen LogP) is 3.38. The monoisotopic (exact) mass is 332 g/mol. The third kappa shape index (κ3) is 3.71. The van der Waals surface area contributed by atoms with Crippen LogP contribution in [0.4, 0.5) is 0 Å². The SMILES string of the molecule is CC1(C)Cc2occc2[C@H](NC2CCN(C[C@H]3CCOC3)CC2)C1. The molecule has 0 aromatic carbocycles. The second kappa shape index (κ2) is 6.81. The van der Waals surface area contributed by atoms with Crippen LogP contribution in [0.25, 0.3) is 0 Å². The number of hydrogen-bond acceptors (Lipinski definition) is 4. The summed E-state index contributed by atoms with van der Waals surface area (Å²) in [5, 5.41) is 3.96. The normalized spacial score (nSPS) is 31.2. The third-order valence-corrected chi connectivity index (χ3v) is 6.12. The maximum absolute atomic E-state index is 5.74. The number of nitrogens with zero attached hydrogens (tertiary/aromatic N) is 1. The molecule has 2 aliphatic heterocycles. The summed E-state index contributed by atoms with van der Waals surface area (Å²) < 4.78 is 11.3. The Bertz CT molecular complexity index is 540. The van der Waals surface area contributed by atoms with Gasteiger partial charge in [-0.2, -0.15) is 0 Å². The van der Waals surface area contributed by atoms with Crippen LogP contribution < -0.4 is 5.32 Å². The van der Waals surface area contributed by atoms with Crippen molar-refractivity contribution in [2.75, 3.05) is 32.8 Å². The molecule has 0 radical (unpaired) electrons. The zero-order valence-electron chi connectivity index (χ0n) is 15.2. The lowest BCUT2D eigenvalue weighted by molar-refractivity contribution is 0.139. The van der Waals surface area contributed by atoms with E-state index in [-0.39, 0.29) is 0 Å². The first kappa shape index (κ1) is 16.6. The van der Waals surface area contributed by atoms with Crippen molar-refractivity contribution in [1.29, 1.82) is 0 Å². The van der Waals surface area contributed by atoms with E-state index in [4.69, 9.17) is 9.15 Å². The van der Waals surface area contributed by atoms with Gasteiger partial charge < -0.3 is 19.4 Å². The Morgan fingerprint density at radius 1 is 1.25 bits per heavy atom. The summed E-state index contributed by atoms with van der Waals surface area (Å²) in [5.41, 5.74) is 1.73. The van der Waals surface area contributed by atoms with Crippen LogP contribution in [0.2, 0.25) is 0 Å². The smallest absolute Gasteiger partial charge is 0.109 e. The Morgan fingerprint density at radius 3 is 2.83 bits per heavy atom. The van der Waals surface area contributed by atoms with E-state index < -0.39 is 0 Å². The Hall–Kier alpha value is -0.840. The summed E-state index contributed by atoms with van der Waals surface area (Å²) in [4.78, 5) is 2.64. The Morgan fingerprint density at radius 2 is 2.08 bits per heavy atom. The van der Waals surface area contributed by atoms with E-state index in [0.717, 1.165) is 25.6 Å². The minimum atomic E-state index is 0.325. The highest BCUT2D eigenvalue weighted by Gasteiger charge is 2.35. The zero-order valence-corrected chi connectivity index (χ0v) is 15.2. The summed E-state index contributed by atoms with van der Waals surface area (Å²) in [6.07, 6.45) is 7.91. The first-order valence-electron chi connectivity index (χ1n) is 9.71. The van der Waals surface area contributed by atoms with Gasteiger partial charge in [0.05, 0.1) is 12.9 Å². The first-order valence-corrected chi connectivity index (χ1v) is 9.71. The van der Waals surface area contributed by atoms with Gasteiger partial charge in [-0.15, -0.1) is 0 Å². The molecule has 0 saturated carbocycles. The summed E-state index contributed by atoms with van der Waals surface area (Å²) in [5.74, 6) is 1.96. The molecule has 1 N–H and O–H groups in total. The Kier molecular flexibility index (Phi) is 4.72. The quantitative estimate of drug-likeness (QED) is 0.917. The second-order valence-corrected chi connectivity index (χ2v) is 8.87. The van der Waals surface area contributed by atoms with E-state index in [2.05, 4.69) is 30.1 Å². The van der Waals surface area contributed by atoms with E-state index in [1.54, 1.807) is 0 Å². The van der Waals surface area contributed by atoms with Crippen LogP contribution in [0.3, 0.4) is 0 Å². The van der Waals surface area contributed by atoms with Crippen LogP contribution in [0.1, 0.15) is 56.9 Å². The zero-order chi connectivity index (χ0) is 16.6. The molecule has 0 bridgehead atoms. The standard InChI is InChI=1S/C20H32N2O2/c1-20(2)11-18(17-6-10-24-19(17)12-20)21-16-3-7-22(8-4-16)13-15-5-9-23-14-15/h6,10,15-16,18,21H,3-5,7-9,11-14H2,1-2H3/t15-,18-/m1/s1. The molecule has 0 unspecified atom stereocenters. The molecule has 0 amide bonds. The summed E-state index contributed by atoms with van der Waals surface area (Å²) in [6.45, 7) is 10.3. The van der Waals surface area contributed by atoms with Gasteiger partial charge in [-0.25, -0.2) is 0 Å². The van der Waals surface area contributed by atoms with Gasteiger partial charge in [0, 0.05) is 37.2 Å². The van der Waals surface area contributed by atoms with Crippen molar-refractivity contribution in [3.05, 3.63) is 23.7 Å². The van der Waals surface area contributed by atoms with Gasteiger partial charge in [0.15, 0.2) is 0 Å². The number of likely N-dealkylation sites (tertiary alicyclic amines) is 1. The largest absolute Gasteiger partial charge is 0.469 e. The molecule has 134 valence electrons. The average molecular weight is 332 g/mol. The molecule has 2 fully saturated rings. The highest BCUT2D eigenvalue weighted by atomic mass is 16.5. The van der Waals surface area contributed by atoms with E-state index >= 15 is 0 Å². The molecule has 0 spiro atoms. The van der Waals surface area contributed by atoms with Crippen molar-refractivity contribution < 1.29 is 9.15 Å². The van der Waals surface area contributed by atoms with Crippen molar-refractivity contribution in [2.45, 2.75) is 58.0 Å². The number of ether oxygens (including phenoxy) is 1. The lowest BCUT2D eigenvalue weighted by atomic mass is 9.74. The molecule has 24 heavy (non-hydrogen) atoms. The molecule has 2 atom stereocenters. The molecule has 1 aromatic heterocycles. The molecular formula is C20H32N2O2. The third-order valence-electron chi connectivity index (χ3n) is 6.12. The lowest BCUT2D eigenvalue weighted by Crippen LogP contribution is -2.46. The number of nitrogens with one attached hydrogen (secondary N) is 1. The minimum absolute atomic E-state index is 0.325. The summed E-state index contributed by atoms with van der Waals surface area (Å²) in [7, 11) is 0. The number of piperidine rings is 1. The van der Waals surface area contributed by atoms with Gasteiger partial charge in [0.25, 0.3) is 0 Å². The van der Waals surface area contributed by atoms with E-state index in [0.29, 0.717) is 17.5 Å². The fourth-order valence-electron chi connectivity index (χ4n) is 4.78. The fraction of sp³-hybridized carbons (Fsp3) is 0.800. The van der Waals surface area contributed by atoms with Crippen LogP contribution in [0, 0.1) is 11.3 Å². The summed E-state index contributed by atoms with van der Waals surface area (Å²) >= 11 is 0. The van der Waals surface area contributed by atoms with Crippen molar-refractivity contribution >= 4 is 0 Å². The number of fused-ring (bicyclic) bond motifs is 1. The number of hydrogen-bond donors (Lipinski definition) is 1. The van der Waals surface area contributed by atoms with Gasteiger partial charge in [-0.3, -0.25) is 0 Å². The molecule has 3 aliphatic rings. The van der Waals surface area contributed by atoms with Gasteiger partial charge in [-0.05, 0) is 56.2 Å². The van der Waals surface area contributed by atoms with E-state index in [9.17, 15) is 0 Å². The van der Waals surface area contributed by atoms with Crippen LogP contribution in [0.15, 0.2) is 16.7 Å². The second-order valence-electron chi connectivity index (χ2n) is 8.87. The van der Waals surface area contributed by atoms with Crippen LogP contribution in [-0.4, -0.2) is 43.8 Å². The minimum Gasteiger partial charge on any atom is -0.469 e. The van der Waals surface area contributed by atoms with Crippen molar-refractivity contribution in [3.8, 4) is 0 Å². The lowest BCUT2D eigenvalue weighted by Gasteiger charge is -2.39. The molecule has 4 nitrogen and oxygen atoms in total. The molecule has 4 heteroatoms. The van der Waals surface area contributed by atoms with Crippen molar-refractivity contribution in [2.24, 2.45) is 11.3 Å². The molecule has 3 heterocycles. The van der Waals surface area contributed by atoms with Gasteiger partial charge in [0.2, 0.25) is 0 Å². The van der Waals surface area contributed by atoms with Crippen molar-refractivity contribution in [1.82, 2.24) is 10.2 Å². The Balaban J connectivity index is 1.31. The van der Waals surface area contributed by atoms with Crippen LogP contribution >= 0.6 is 0 Å². The highest BCUT2D eigenvalue weighted by Crippen LogP contribution is 2.41. The van der Waals surface area contributed by atoms with E-state index in [1.165, 1.54) is 56.6 Å². The summed E-state index contributed by atoms with van der Waals surface area (Å²) in [6, 6.07) is 3.28. The first-order chi connectivity index (χ1) is 11.6. The average Bonchev–Trinajstić information content (AvgIpc) is 3.19. The molecular weight excluding hydrogens is 300 g/mol. The van der Waals surface area contributed by atoms with Crippen molar-refractivity contribution in [3.63, 3.8) is 0 Å². The maximum atomic E-state index is 5.74. The maximum Gasteiger partial charge on any atom is 0.109 e. The number of furan rings is 1. The van der Waals surface area contributed by atoms with E-state index in [1.807, 2.05) is 6.26 Å². The van der Waals surface area contributed by atoms with Crippen LogP contribution in [0.5, 0.6) is 0 Å². The highest BCUT2D eigenvalue weighted by molar-refractivity contribution is 5.26. The number of rotatable bonds is 4. The molecule has 1 aromatic rings. The van der Waals surface area contributed by atoms with Gasteiger partial charge >= 0.3 is 0 Å². The van der Waals surface area contributed by atoms with Crippen LogP contribution in [-0.2, 0) is 11.2 Å². The topological polar surface area (TPSA) is 37.6 Å². The van der Waals surface area contributed by atoms with Gasteiger partial charge in [0.1, 0.15) is 5.76 Å². The van der Waals surface area contributed by atoms with Gasteiger partial charge in [-0.1, -0.05) is 13.8 Å². The predicted molar refractivity (Wildman–Crippen MR) is 95.1 cm³/mol.